The molecule has 2 N–H and O–H groups in total. The van der Waals surface area contributed by atoms with Gasteiger partial charge in [0.1, 0.15) is 11.6 Å². The normalized spacial score (nSPS) is 22.1. The summed E-state index contributed by atoms with van der Waals surface area (Å²) in [5, 5.41) is 4.31. The summed E-state index contributed by atoms with van der Waals surface area (Å²) in [6.07, 6.45) is 4.94. The van der Waals surface area contributed by atoms with E-state index in [0.717, 1.165) is 43.9 Å². The molecule has 0 aromatic carbocycles. The van der Waals surface area contributed by atoms with Gasteiger partial charge < -0.3 is 10.6 Å². The number of nitrogens with zero attached hydrogens (tertiary/aromatic N) is 4. The first-order valence-electron chi connectivity index (χ1n) is 7.07. The summed E-state index contributed by atoms with van der Waals surface area (Å²) >= 11 is 0. The number of carbonyl (C=O) groups excluding carboxylic acids is 1. The number of aromatic nitrogens is 3. The molecule has 3 rings (SSSR count). The predicted octanol–water partition coefficient (Wildman–Crippen LogP) is 0.590. The van der Waals surface area contributed by atoms with Crippen LogP contribution in [0.5, 0.6) is 0 Å². The molecule has 0 bridgehead atoms. The molecule has 1 aliphatic carbocycles. The zero-order chi connectivity index (χ0) is 13.5. The quantitative estimate of drug-likeness (QED) is 0.804. The molecule has 1 saturated carbocycles. The molecule has 0 unspecified atom stereocenters. The number of nitrogens with two attached hydrogens (primary N) is 1. The Kier molecular flexibility index (Phi) is 3.05. The second kappa shape index (κ2) is 4.59. The van der Waals surface area contributed by atoms with Crippen molar-refractivity contribution in [3.8, 4) is 0 Å². The van der Waals surface area contributed by atoms with Crippen molar-refractivity contribution >= 4 is 5.91 Å². The number of aryl methyl sites for hydroxylation is 1. The molecule has 0 atom stereocenters. The van der Waals surface area contributed by atoms with Crippen molar-refractivity contribution in [1.82, 2.24) is 19.7 Å². The van der Waals surface area contributed by atoms with E-state index in [-0.39, 0.29) is 5.91 Å². The lowest BCUT2D eigenvalue weighted by Crippen LogP contribution is -2.57. The van der Waals surface area contributed by atoms with Gasteiger partial charge in [0, 0.05) is 6.54 Å². The van der Waals surface area contributed by atoms with Gasteiger partial charge in [0.25, 0.3) is 0 Å². The molecule has 1 aromatic rings. The van der Waals surface area contributed by atoms with Crippen LogP contribution in [0, 0.1) is 6.92 Å². The Morgan fingerprint density at radius 1 is 1.26 bits per heavy atom. The van der Waals surface area contributed by atoms with Gasteiger partial charge in [0.2, 0.25) is 5.91 Å². The van der Waals surface area contributed by atoms with Gasteiger partial charge >= 0.3 is 0 Å². The van der Waals surface area contributed by atoms with Crippen molar-refractivity contribution < 1.29 is 4.79 Å². The molecule has 2 heterocycles. The van der Waals surface area contributed by atoms with Crippen LogP contribution in [-0.2, 0) is 17.9 Å². The minimum Gasteiger partial charge on any atom is -0.332 e. The highest BCUT2D eigenvalue weighted by Gasteiger charge is 2.39. The number of amides is 1. The minimum atomic E-state index is -0.643. The maximum absolute atomic E-state index is 12.6. The second-order valence-corrected chi connectivity index (χ2v) is 5.74. The standard InChI is InChI=1S/C13H21N5O/c1-10-15-11-9-17(7-8-18(11)16-10)12(19)13(14)5-3-2-4-6-13/h2-9,14H2,1H3. The maximum Gasteiger partial charge on any atom is 0.243 e. The van der Waals surface area contributed by atoms with Gasteiger partial charge in [-0.3, -0.25) is 4.79 Å². The topological polar surface area (TPSA) is 77.0 Å². The van der Waals surface area contributed by atoms with Crippen LogP contribution in [0.3, 0.4) is 0 Å². The maximum atomic E-state index is 12.6. The third-order valence-electron chi connectivity index (χ3n) is 4.23. The molecule has 0 radical (unpaired) electrons. The molecule has 0 spiro atoms. The van der Waals surface area contributed by atoms with E-state index in [1.807, 2.05) is 16.5 Å². The monoisotopic (exact) mass is 263 g/mol. The average Bonchev–Trinajstić information content (AvgIpc) is 2.77. The Balaban J connectivity index is 1.75. The summed E-state index contributed by atoms with van der Waals surface area (Å²) in [4.78, 5) is 18.9. The molecule has 6 nitrogen and oxygen atoms in total. The van der Waals surface area contributed by atoms with Crippen molar-refractivity contribution in [2.24, 2.45) is 5.73 Å². The van der Waals surface area contributed by atoms with E-state index in [0.29, 0.717) is 13.1 Å². The molecular weight excluding hydrogens is 242 g/mol. The summed E-state index contributed by atoms with van der Waals surface area (Å²) < 4.78 is 1.89. The van der Waals surface area contributed by atoms with Gasteiger partial charge in [-0.15, -0.1) is 0 Å². The van der Waals surface area contributed by atoms with Crippen molar-refractivity contribution in [2.45, 2.75) is 57.7 Å². The van der Waals surface area contributed by atoms with E-state index in [1.54, 1.807) is 0 Å². The van der Waals surface area contributed by atoms with E-state index in [4.69, 9.17) is 5.73 Å². The van der Waals surface area contributed by atoms with Crippen LogP contribution in [0.1, 0.15) is 43.8 Å². The molecule has 0 saturated heterocycles. The van der Waals surface area contributed by atoms with E-state index in [9.17, 15) is 4.79 Å². The first kappa shape index (κ1) is 12.6. The SMILES string of the molecule is Cc1nc2n(n1)CCN(C(=O)C1(N)CCCCC1)C2. The highest BCUT2D eigenvalue weighted by molar-refractivity contribution is 5.86. The van der Waals surface area contributed by atoms with E-state index < -0.39 is 5.54 Å². The summed E-state index contributed by atoms with van der Waals surface area (Å²) in [6, 6.07) is 0. The number of hydrogen-bond acceptors (Lipinski definition) is 4. The lowest BCUT2D eigenvalue weighted by Gasteiger charge is -2.38. The fourth-order valence-electron chi connectivity index (χ4n) is 3.15. The summed E-state index contributed by atoms with van der Waals surface area (Å²) in [6.45, 7) is 3.83. The van der Waals surface area contributed by atoms with Gasteiger partial charge in [-0.05, 0) is 19.8 Å². The molecule has 1 amide bonds. The first-order chi connectivity index (χ1) is 9.08. The number of fused-ring (bicyclic) bond motifs is 1. The zero-order valence-corrected chi connectivity index (χ0v) is 11.4. The van der Waals surface area contributed by atoms with Crippen LogP contribution in [0.15, 0.2) is 0 Å². The van der Waals surface area contributed by atoms with Crippen LogP contribution in [0.2, 0.25) is 0 Å². The predicted molar refractivity (Wildman–Crippen MR) is 70.2 cm³/mol. The summed E-state index contributed by atoms with van der Waals surface area (Å²) in [7, 11) is 0. The van der Waals surface area contributed by atoms with Crippen molar-refractivity contribution in [3.05, 3.63) is 11.6 Å². The molecule has 1 aliphatic heterocycles. The van der Waals surface area contributed by atoms with Crippen LogP contribution >= 0.6 is 0 Å². The molecule has 19 heavy (non-hydrogen) atoms. The van der Waals surface area contributed by atoms with Crippen LogP contribution < -0.4 is 5.73 Å². The zero-order valence-electron chi connectivity index (χ0n) is 11.4. The summed E-state index contributed by atoms with van der Waals surface area (Å²) in [5.74, 6) is 1.74. The molecule has 2 aliphatic rings. The third kappa shape index (κ3) is 2.25. The Morgan fingerprint density at radius 3 is 2.74 bits per heavy atom. The average molecular weight is 263 g/mol. The lowest BCUT2D eigenvalue weighted by atomic mass is 9.81. The number of carbonyl (C=O) groups is 1. The molecule has 104 valence electrons. The van der Waals surface area contributed by atoms with Gasteiger partial charge in [0.05, 0.1) is 18.6 Å². The third-order valence-corrected chi connectivity index (χ3v) is 4.23. The number of hydrogen-bond donors (Lipinski definition) is 1. The first-order valence-corrected chi connectivity index (χ1v) is 7.07. The smallest absolute Gasteiger partial charge is 0.243 e. The van der Waals surface area contributed by atoms with Crippen molar-refractivity contribution in [3.63, 3.8) is 0 Å². The Labute approximate surface area is 113 Å². The fourth-order valence-corrected chi connectivity index (χ4v) is 3.15. The van der Waals surface area contributed by atoms with Crippen LogP contribution in [0.4, 0.5) is 0 Å². The molecule has 6 heteroatoms. The van der Waals surface area contributed by atoms with Gasteiger partial charge in [-0.25, -0.2) is 9.67 Å². The van der Waals surface area contributed by atoms with Gasteiger partial charge in [-0.2, -0.15) is 5.10 Å². The molecule has 1 fully saturated rings. The van der Waals surface area contributed by atoms with Crippen LogP contribution in [-0.4, -0.2) is 37.7 Å². The minimum absolute atomic E-state index is 0.0964. The van der Waals surface area contributed by atoms with Crippen molar-refractivity contribution in [2.75, 3.05) is 6.54 Å². The Hall–Kier alpha value is -1.43. The summed E-state index contributed by atoms with van der Waals surface area (Å²) in [5.41, 5.74) is 5.68. The van der Waals surface area contributed by atoms with Gasteiger partial charge in [0.15, 0.2) is 0 Å². The largest absolute Gasteiger partial charge is 0.332 e. The van der Waals surface area contributed by atoms with Crippen LogP contribution in [0.25, 0.3) is 0 Å². The molecular formula is C13H21N5O. The van der Waals surface area contributed by atoms with Crippen molar-refractivity contribution in [1.29, 1.82) is 0 Å². The molecule has 1 aromatic heterocycles. The van der Waals surface area contributed by atoms with Gasteiger partial charge in [-0.1, -0.05) is 19.3 Å². The van der Waals surface area contributed by atoms with E-state index in [1.165, 1.54) is 6.42 Å². The number of rotatable bonds is 1. The fraction of sp³-hybridized carbons (Fsp3) is 0.769. The Bertz CT molecular complexity index is 489. The second-order valence-electron chi connectivity index (χ2n) is 5.74. The highest BCUT2D eigenvalue weighted by atomic mass is 16.2. The Morgan fingerprint density at radius 2 is 2.00 bits per heavy atom. The lowest BCUT2D eigenvalue weighted by molar-refractivity contribution is -0.139. The van der Waals surface area contributed by atoms with E-state index >= 15 is 0 Å². The highest BCUT2D eigenvalue weighted by Crippen LogP contribution is 2.28. The van der Waals surface area contributed by atoms with E-state index in [2.05, 4.69) is 10.1 Å².